The summed E-state index contributed by atoms with van der Waals surface area (Å²) in [5.74, 6) is 0.329. The van der Waals surface area contributed by atoms with Gasteiger partial charge < -0.3 is 9.84 Å². The van der Waals surface area contributed by atoms with Crippen molar-refractivity contribution >= 4 is 28.4 Å². The Balaban J connectivity index is 2.06. The van der Waals surface area contributed by atoms with E-state index in [4.69, 9.17) is 4.74 Å². The summed E-state index contributed by atoms with van der Waals surface area (Å²) in [5.41, 5.74) is 1.36. The van der Waals surface area contributed by atoms with Crippen LogP contribution in [0.1, 0.15) is 22.8 Å². The van der Waals surface area contributed by atoms with Crippen molar-refractivity contribution in [3.8, 4) is 11.5 Å². The molecule has 0 aromatic heterocycles. The number of rotatable bonds is 4. The highest BCUT2D eigenvalue weighted by Crippen LogP contribution is 2.24. The van der Waals surface area contributed by atoms with Crippen molar-refractivity contribution in [2.24, 2.45) is 0 Å². The molecule has 0 atom stereocenters. The van der Waals surface area contributed by atoms with Crippen molar-refractivity contribution in [2.75, 3.05) is 0 Å². The molecule has 0 aliphatic heterocycles. The molecule has 2 aromatic carbocycles. The maximum absolute atomic E-state index is 11.2. The number of hydrogen-bond donors (Lipinski definition) is 1. The van der Waals surface area contributed by atoms with E-state index in [1.807, 2.05) is 24.3 Å². The number of ether oxygens (including phenoxy) is 1. The molecular formula is C15H13IO3. The monoisotopic (exact) mass is 368 g/mol. The molecule has 19 heavy (non-hydrogen) atoms. The Morgan fingerprint density at radius 2 is 1.89 bits per heavy atom. The normalized spacial score (nSPS) is 10.2. The van der Waals surface area contributed by atoms with Crippen LogP contribution in [0.3, 0.4) is 0 Å². The second kappa shape index (κ2) is 6.06. The van der Waals surface area contributed by atoms with Crippen molar-refractivity contribution in [1.82, 2.24) is 0 Å². The molecule has 2 rings (SSSR count). The predicted octanol–water partition coefficient (Wildman–Crippen LogP) is 3.78. The maximum Gasteiger partial charge on any atom is 0.163 e. The molecule has 0 heterocycles. The van der Waals surface area contributed by atoms with Crippen molar-refractivity contribution in [1.29, 1.82) is 0 Å². The Hall–Kier alpha value is -1.56. The number of carbonyl (C=O) groups is 1. The average molecular weight is 368 g/mol. The summed E-state index contributed by atoms with van der Waals surface area (Å²) < 4.78 is 6.74. The number of phenols is 1. The molecule has 0 bridgehead atoms. The first-order valence-corrected chi connectivity index (χ1v) is 6.85. The highest BCUT2D eigenvalue weighted by atomic mass is 127. The predicted molar refractivity (Wildman–Crippen MR) is 81.6 cm³/mol. The van der Waals surface area contributed by atoms with Gasteiger partial charge >= 0.3 is 0 Å². The zero-order valence-electron chi connectivity index (χ0n) is 10.4. The average Bonchev–Trinajstić information content (AvgIpc) is 2.37. The molecule has 1 N–H and O–H groups in total. The van der Waals surface area contributed by atoms with Gasteiger partial charge in [0.2, 0.25) is 0 Å². The number of benzene rings is 2. The van der Waals surface area contributed by atoms with Crippen molar-refractivity contribution < 1.29 is 14.6 Å². The van der Waals surface area contributed by atoms with E-state index in [0.29, 0.717) is 17.9 Å². The van der Waals surface area contributed by atoms with Gasteiger partial charge in [-0.2, -0.15) is 0 Å². The van der Waals surface area contributed by atoms with Gasteiger partial charge in [0.1, 0.15) is 18.1 Å². The number of Topliss-reactive ketones (excluding diaryl/α,β-unsaturated/α-hetero) is 1. The molecule has 0 aliphatic carbocycles. The summed E-state index contributed by atoms with van der Waals surface area (Å²) in [6, 6.07) is 12.7. The molecule has 0 radical (unpaired) electrons. The summed E-state index contributed by atoms with van der Waals surface area (Å²) in [6.45, 7) is 1.84. The molecule has 0 spiro atoms. The third-order valence-corrected chi connectivity index (χ3v) is 3.39. The molecule has 3 nitrogen and oxygen atoms in total. The van der Waals surface area contributed by atoms with Crippen molar-refractivity contribution in [3.63, 3.8) is 0 Å². The number of aromatic hydroxyl groups is 1. The molecule has 0 saturated carbocycles. The smallest absolute Gasteiger partial charge is 0.163 e. The van der Waals surface area contributed by atoms with E-state index in [1.165, 1.54) is 16.6 Å². The number of hydrogen-bond acceptors (Lipinski definition) is 3. The first kappa shape index (κ1) is 13.9. The molecule has 2 aromatic rings. The SMILES string of the molecule is CC(=O)c1ccc(OCc2ccc(I)cc2)cc1O. The van der Waals surface area contributed by atoms with Crippen LogP contribution in [0.15, 0.2) is 42.5 Å². The minimum atomic E-state index is -0.165. The highest BCUT2D eigenvalue weighted by Gasteiger charge is 2.07. The first-order chi connectivity index (χ1) is 9.06. The Labute approximate surface area is 125 Å². The third kappa shape index (κ3) is 3.70. The van der Waals surface area contributed by atoms with Crippen molar-refractivity contribution in [2.45, 2.75) is 13.5 Å². The molecule has 0 aliphatic rings. The van der Waals surface area contributed by atoms with Crippen LogP contribution in [0.2, 0.25) is 0 Å². The lowest BCUT2D eigenvalue weighted by Crippen LogP contribution is -1.97. The second-order valence-electron chi connectivity index (χ2n) is 4.15. The lowest BCUT2D eigenvalue weighted by Gasteiger charge is -2.08. The standard InChI is InChI=1S/C15H13IO3/c1-10(17)14-7-6-13(8-15(14)18)19-9-11-2-4-12(16)5-3-11/h2-8,18H,9H2,1H3. The fraction of sp³-hybridized carbons (Fsp3) is 0.133. The van der Waals surface area contributed by atoms with E-state index >= 15 is 0 Å². The molecule has 0 unspecified atom stereocenters. The zero-order valence-corrected chi connectivity index (χ0v) is 12.5. The van der Waals surface area contributed by atoms with Gasteiger partial charge in [-0.1, -0.05) is 12.1 Å². The number of carbonyl (C=O) groups excluding carboxylic acids is 1. The fourth-order valence-electron chi connectivity index (χ4n) is 1.65. The lowest BCUT2D eigenvalue weighted by molar-refractivity contribution is 0.101. The molecule has 0 amide bonds. The Morgan fingerprint density at radius 1 is 1.21 bits per heavy atom. The highest BCUT2D eigenvalue weighted by molar-refractivity contribution is 14.1. The van der Waals surface area contributed by atoms with E-state index in [9.17, 15) is 9.90 Å². The van der Waals surface area contributed by atoms with Gasteiger partial charge in [-0.15, -0.1) is 0 Å². The third-order valence-electron chi connectivity index (χ3n) is 2.67. The lowest BCUT2D eigenvalue weighted by atomic mass is 10.1. The van der Waals surface area contributed by atoms with Crippen LogP contribution in [0.4, 0.5) is 0 Å². The van der Waals surface area contributed by atoms with Crippen LogP contribution in [-0.2, 0) is 6.61 Å². The second-order valence-corrected chi connectivity index (χ2v) is 5.40. The van der Waals surface area contributed by atoms with E-state index in [1.54, 1.807) is 12.1 Å². The van der Waals surface area contributed by atoms with Crippen LogP contribution < -0.4 is 4.74 Å². The Bertz CT molecular complexity index is 591. The first-order valence-electron chi connectivity index (χ1n) is 5.77. The summed E-state index contributed by atoms with van der Waals surface area (Å²) in [4.78, 5) is 11.2. The minimum Gasteiger partial charge on any atom is -0.507 e. The van der Waals surface area contributed by atoms with E-state index < -0.39 is 0 Å². The van der Waals surface area contributed by atoms with E-state index in [0.717, 1.165) is 5.56 Å². The molecular weight excluding hydrogens is 355 g/mol. The van der Waals surface area contributed by atoms with Gasteiger partial charge in [-0.3, -0.25) is 4.79 Å². The van der Waals surface area contributed by atoms with Crippen LogP contribution >= 0.6 is 22.6 Å². The van der Waals surface area contributed by atoms with Crippen LogP contribution in [0, 0.1) is 3.57 Å². The largest absolute Gasteiger partial charge is 0.507 e. The summed E-state index contributed by atoms with van der Waals surface area (Å²) in [5, 5.41) is 9.69. The summed E-state index contributed by atoms with van der Waals surface area (Å²) in [6.07, 6.45) is 0. The topological polar surface area (TPSA) is 46.5 Å². The molecule has 0 saturated heterocycles. The van der Waals surface area contributed by atoms with Crippen LogP contribution in [-0.4, -0.2) is 10.9 Å². The maximum atomic E-state index is 11.2. The van der Waals surface area contributed by atoms with Crippen molar-refractivity contribution in [3.05, 3.63) is 57.2 Å². The van der Waals surface area contributed by atoms with Gasteiger partial charge in [-0.05, 0) is 59.3 Å². The summed E-state index contributed by atoms with van der Waals surface area (Å²) in [7, 11) is 0. The molecule has 98 valence electrons. The van der Waals surface area contributed by atoms with Gasteiger partial charge in [0.15, 0.2) is 5.78 Å². The summed E-state index contributed by atoms with van der Waals surface area (Å²) >= 11 is 2.24. The number of halogens is 1. The Kier molecular flexibility index (Phi) is 4.42. The number of phenolic OH excluding ortho intramolecular Hbond substituents is 1. The minimum absolute atomic E-state index is 0.0485. The fourth-order valence-corrected chi connectivity index (χ4v) is 2.01. The van der Waals surface area contributed by atoms with Crippen LogP contribution in [0.5, 0.6) is 11.5 Å². The van der Waals surface area contributed by atoms with E-state index in [2.05, 4.69) is 22.6 Å². The quantitative estimate of drug-likeness (QED) is 0.660. The van der Waals surface area contributed by atoms with Gasteiger partial charge in [0.25, 0.3) is 0 Å². The zero-order chi connectivity index (χ0) is 13.8. The van der Waals surface area contributed by atoms with Gasteiger partial charge in [0.05, 0.1) is 5.56 Å². The van der Waals surface area contributed by atoms with Gasteiger partial charge in [0, 0.05) is 9.64 Å². The Morgan fingerprint density at radius 3 is 2.47 bits per heavy atom. The molecule has 4 heteroatoms. The van der Waals surface area contributed by atoms with Gasteiger partial charge in [-0.25, -0.2) is 0 Å². The van der Waals surface area contributed by atoms with E-state index in [-0.39, 0.29) is 11.5 Å². The van der Waals surface area contributed by atoms with Crippen LogP contribution in [0.25, 0.3) is 0 Å². The number of ketones is 1. The molecule has 0 fully saturated rings.